The molecule has 0 bridgehead atoms. The molecule has 0 fully saturated rings. The lowest BCUT2D eigenvalue weighted by Crippen LogP contribution is -1.93. The van der Waals surface area contributed by atoms with Crippen molar-refractivity contribution in [1.29, 1.82) is 5.26 Å². The summed E-state index contributed by atoms with van der Waals surface area (Å²) in [7, 11) is 0. The van der Waals surface area contributed by atoms with Crippen molar-refractivity contribution in [3.05, 3.63) is 29.3 Å². The van der Waals surface area contributed by atoms with Gasteiger partial charge in [0.05, 0.1) is 11.3 Å². The second-order valence-corrected chi connectivity index (χ2v) is 2.34. The molecule has 1 aromatic rings. The number of nitrogens with zero attached hydrogens (tertiary/aromatic N) is 1. The summed E-state index contributed by atoms with van der Waals surface area (Å²) in [6.07, 6.45) is 0. The first-order valence-electron chi connectivity index (χ1n) is 3.68. The minimum Gasteiger partial charge on any atom is -0.398 e. The van der Waals surface area contributed by atoms with Crippen molar-refractivity contribution in [2.45, 2.75) is 0 Å². The number of aliphatic hydroxyl groups is 1. The quantitative estimate of drug-likeness (QED) is 0.442. The predicted octanol–water partition coefficient (Wildman–Crippen LogP) is 0.484. The summed E-state index contributed by atoms with van der Waals surface area (Å²) in [5, 5.41) is 17.2. The first kappa shape index (κ1) is 9.12. The second-order valence-electron chi connectivity index (χ2n) is 2.34. The van der Waals surface area contributed by atoms with Gasteiger partial charge in [-0.2, -0.15) is 5.26 Å². The van der Waals surface area contributed by atoms with E-state index in [-0.39, 0.29) is 6.61 Å². The van der Waals surface area contributed by atoms with Gasteiger partial charge in [0.25, 0.3) is 0 Å². The van der Waals surface area contributed by atoms with E-state index in [2.05, 4.69) is 11.8 Å². The van der Waals surface area contributed by atoms with Gasteiger partial charge in [-0.1, -0.05) is 17.9 Å². The van der Waals surface area contributed by atoms with Crippen molar-refractivity contribution in [2.24, 2.45) is 0 Å². The lowest BCUT2D eigenvalue weighted by Gasteiger charge is -1.98. The summed E-state index contributed by atoms with van der Waals surface area (Å²) in [5.74, 6) is 5.12. The largest absolute Gasteiger partial charge is 0.398 e. The van der Waals surface area contributed by atoms with Crippen LogP contribution in [0.15, 0.2) is 18.2 Å². The van der Waals surface area contributed by atoms with E-state index < -0.39 is 0 Å². The Hall–Kier alpha value is -1.97. The first-order valence-corrected chi connectivity index (χ1v) is 3.68. The van der Waals surface area contributed by atoms with Crippen LogP contribution in [0.5, 0.6) is 0 Å². The highest BCUT2D eigenvalue weighted by Crippen LogP contribution is 2.14. The highest BCUT2D eigenvalue weighted by molar-refractivity contribution is 5.62. The number of nitrogens with two attached hydrogens (primary N) is 1. The lowest BCUT2D eigenvalue weighted by atomic mass is 10.1. The molecule has 3 N–H and O–H groups in total. The van der Waals surface area contributed by atoms with E-state index in [9.17, 15) is 0 Å². The van der Waals surface area contributed by atoms with Gasteiger partial charge in [-0.15, -0.1) is 0 Å². The van der Waals surface area contributed by atoms with E-state index in [1.54, 1.807) is 18.2 Å². The van der Waals surface area contributed by atoms with Crippen LogP contribution in [0.2, 0.25) is 0 Å². The van der Waals surface area contributed by atoms with Gasteiger partial charge in [0, 0.05) is 5.56 Å². The van der Waals surface area contributed by atoms with Gasteiger partial charge in [0.2, 0.25) is 0 Å². The molecule has 1 rings (SSSR count). The highest BCUT2D eigenvalue weighted by atomic mass is 16.2. The number of aliphatic hydroxyl groups excluding tert-OH is 1. The van der Waals surface area contributed by atoms with E-state index >= 15 is 0 Å². The average Bonchev–Trinajstić information content (AvgIpc) is 2.15. The zero-order valence-corrected chi connectivity index (χ0v) is 6.91. The molecule has 3 heteroatoms. The maximum absolute atomic E-state index is 8.74. The number of anilines is 1. The zero-order valence-electron chi connectivity index (χ0n) is 6.91. The monoisotopic (exact) mass is 172 g/mol. The van der Waals surface area contributed by atoms with Gasteiger partial charge in [-0.3, -0.25) is 0 Å². The first-order chi connectivity index (χ1) is 6.29. The van der Waals surface area contributed by atoms with Crippen molar-refractivity contribution >= 4 is 5.69 Å². The Morgan fingerprint density at radius 1 is 1.46 bits per heavy atom. The normalized spacial score (nSPS) is 8.31. The fourth-order valence-corrected chi connectivity index (χ4v) is 0.934. The Balaban J connectivity index is 3.22. The Kier molecular flexibility index (Phi) is 2.92. The third-order valence-corrected chi connectivity index (χ3v) is 1.51. The van der Waals surface area contributed by atoms with Gasteiger partial charge in [-0.25, -0.2) is 0 Å². The Morgan fingerprint density at radius 3 is 2.85 bits per heavy atom. The third kappa shape index (κ3) is 1.99. The van der Waals surface area contributed by atoms with Crippen molar-refractivity contribution in [3.63, 3.8) is 0 Å². The van der Waals surface area contributed by atoms with Gasteiger partial charge < -0.3 is 10.8 Å². The van der Waals surface area contributed by atoms with Crippen molar-refractivity contribution in [2.75, 3.05) is 12.3 Å². The van der Waals surface area contributed by atoms with E-state index in [1.807, 2.05) is 6.07 Å². The topological polar surface area (TPSA) is 70.0 Å². The number of hydrogen-bond donors (Lipinski definition) is 2. The maximum atomic E-state index is 8.74. The summed E-state index contributed by atoms with van der Waals surface area (Å²) in [4.78, 5) is 0. The zero-order chi connectivity index (χ0) is 9.68. The molecule has 0 aromatic heterocycles. The minimum absolute atomic E-state index is 0.223. The number of hydrogen-bond acceptors (Lipinski definition) is 3. The molecule has 0 unspecified atom stereocenters. The summed E-state index contributed by atoms with van der Waals surface area (Å²) in [6.45, 7) is -0.223. The SMILES string of the molecule is N#Cc1c(N)cccc1C#CCO. The lowest BCUT2D eigenvalue weighted by molar-refractivity contribution is 0.350. The third-order valence-electron chi connectivity index (χ3n) is 1.51. The van der Waals surface area contributed by atoms with E-state index in [4.69, 9.17) is 16.1 Å². The molecule has 13 heavy (non-hydrogen) atoms. The van der Waals surface area contributed by atoms with Crippen LogP contribution >= 0.6 is 0 Å². The van der Waals surface area contributed by atoms with E-state index in [0.29, 0.717) is 16.8 Å². The Morgan fingerprint density at radius 2 is 2.23 bits per heavy atom. The summed E-state index contributed by atoms with van der Waals surface area (Å²) in [6, 6.07) is 7.02. The number of nitriles is 1. The van der Waals surface area contributed by atoms with Gasteiger partial charge >= 0.3 is 0 Å². The van der Waals surface area contributed by atoms with Crippen molar-refractivity contribution in [3.8, 4) is 17.9 Å². The van der Waals surface area contributed by atoms with Crippen molar-refractivity contribution in [1.82, 2.24) is 0 Å². The van der Waals surface area contributed by atoms with Crippen LogP contribution in [0, 0.1) is 23.2 Å². The van der Waals surface area contributed by atoms with Gasteiger partial charge in [0.15, 0.2) is 0 Å². The van der Waals surface area contributed by atoms with E-state index in [1.165, 1.54) is 0 Å². The molecule has 0 aliphatic carbocycles. The fourth-order valence-electron chi connectivity index (χ4n) is 0.934. The molecule has 0 saturated carbocycles. The molecule has 0 aliphatic heterocycles. The molecule has 0 atom stereocenters. The second kappa shape index (κ2) is 4.15. The Bertz CT molecular complexity index is 407. The van der Waals surface area contributed by atoms with Crippen LogP contribution in [0.3, 0.4) is 0 Å². The van der Waals surface area contributed by atoms with Crippen LogP contribution in [0.4, 0.5) is 5.69 Å². The predicted molar refractivity (Wildman–Crippen MR) is 49.5 cm³/mol. The Labute approximate surface area is 76.4 Å². The summed E-state index contributed by atoms with van der Waals surface area (Å²) >= 11 is 0. The van der Waals surface area contributed by atoms with Gasteiger partial charge in [0.1, 0.15) is 12.7 Å². The molecule has 0 spiro atoms. The number of benzene rings is 1. The molecule has 3 nitrogen and oxygen atoms in total. The maximum Gasteiger partial charge on any atom is 0.104 e. The molecule has 1 aromatic carbocycles. The molecule has 0 aliphatic rings. The average molecular weight is 172 g/mol. The fraction of sp³-hybridized carbons (Fsp3) is 0.100. The van der Waals surface area contributed by atoms with Crippen molar-refractivity contribution < 1.29 is 5.11 Å². The number of nitrogen functional groups attached to an aromatic ring is 1. The summed E-state index contributed by atoms with van der Waals surface area (Å²) < 4.78 is 0. The van der Waals surface area contributed by atoms with E-state index in [0.717, 1.165) is 0 Å². The number of rotatable bonds is 0. The van der Waals surface area contributed by atoms with Crippen LogP contribution in [0.25, 0.3) is 0 Å². The molecule has 64 valence electrons. The molecular formula is C10H8N2O. The minimum atomic E-state index is -0.223. The molecule has 0 saturated heterocycles. The smallest absolute Gasteiger partial charge is 0.104 e. The van der Waals surface area contributed by atoms with Crippen LogP contribution < -0.4 is 5.73 Å². The molecule has 0 amide bonds. The van der Waals surface area contributed by atoms with Gasteiger partial charge in [-0.05, 0) is 12.1 Å². The summed E-state index contributed by atoms with van der Waals surface area (Å²) in [5.41, 5.74) is 6.88. The van der Waals surface area contributed by atoms with Crippen LogP contribution in [-0.4, -0.2) is 11.7 Å². The standard InChI is InChI=1S/C10H8N2O/c11-7-9-8(4-2-6-13)3-1-5-10(9)12/h1,3,5,13H,6,12H2. The van der Waals surface area contributed by atoms with Crippen LogP contribution in [0.1, 0.15) is 11.1 Å². The molecule has 0 radical (unpaired) electrons. The van der Waals surface area contributed by atoms with Crippen LogP contribution in [-0.2, 0) is 0 Å². The molecular weight excluding hydrogens is 164 g/mol. The highest BCUT2D eigenvalue weighted by Gasteiger charge is 2.01. The molecule has 0 heterocycles.